The maximum atomic E-state index is 5.93. The predicted molar refractivity (Wildman–Crippen MR) is 131 cm³/mol. The molecule has 2 heterocycles. The predicted octanol–water partition coefficient (Wildman–Crippen LogP) is 4.62. The van der Waals surface area contributed by atoms with Crippen LogP contribution in [0.3, 0.4) is 0 Å². The van der Waals surface area contributed by atoms with Gasteiger partial charge in [0.1, 0.15) is 0 Å². The Morgan fingerprint density at radius 2 is 1.97 bits per heavy atom. The van der Waals surface area contributed by atoms with Crippen LogP contribution in [0.4, 0.5) is 0 Å². The van der Waals surface area contributed by atoms with Crippen molar-refractivity contribution in [3.63, 3.8) is 0 Å². The van der Waals surface area contributed by atoms with Crippen molar-refractivity contribution in [2.24, 2.45) is 4.99 Å². The molecule has 0 amide bonds. The number of halogens is 2. The van der Waals surface area contributed by atoms with E-state index in [1.807, 2.05) is 31.3 Å². The van der Waals surface area contributed by atoms with Crippen LogP contribution in [-0.2, 0) is 6.42 Å². The van der Waals surface area contributed by atoms with Crippen molar-refractivity contribution in [2.75, 3.05) is 26.7 Å². The van der Waals surface area contributed by atoms with E-state index in [0.29, 0.717) is 35.6 Å². The number of nitrogens with zero attached hydrogens (tertiary/aromatic N) is 4. The number of guanidine groups is 1. The highest BCUT2D eigenvalue weighted by molar-refractivity contribution is 14.0. The van der Waals surface area contributed by atoms with Crippen LogP contribution >= 0.6 is 35.6 Å². The van der Waals surface area contributed by atoms with Gasteiger partial charge in [-0.15, -0.1) is 24.0 Å². The zero-order chi connectivity index (χ0) is 20.1. The highest BCUT2D eigenvalue weighted by atomic mass is 127. The second kappa shape index (κ2) is 10.8. The van der Waals surface area contributed by atoms with Gasteiger partial charge in [0.2, 0.25) is 11.7 Å². The molecule has 1 saturated heterocycles. The van der Waals surface area contributed by atoms with Crippen LogP contribution in [0.15, 0.2) is 64.1 Å². The van der Waals surface area contributed by atoms with E-state index in [2.05, 4.69) is 55.7 Å². The molecule has 1 N–H and O–H groups in total. The van der Waals surface area contributed by atoms with E-state index >= 15 is 0 Å². The molecule has 0 radical (unpaired) electrons. The second-order valence-corrected chi connectivity index (χ2v) is 7.52. The van der Waals surface area contributed by atoms with Gasteiger partial charge in [-0.1, -0.05) is 47.1 Å². The van der Waals surface area contributed by atoms with E-state index in [1.165, 1.54) is 5.56 Å². The summed E-state index contributed by atoms with van der Waals surface area (Å²) in [5, 5.41) is 8.16. The van der Waals surface area contributed by atoms with E-state index in [9.17, 15) is 0 Å². The number of rotatable bonds is 5. The first kappa shape index (κ1) is 22.6. The summed E-state index contributed by atoms with van der Waals surface area (Å²) in [6.07, 6.45) is 1.77. The molecule has 0 saturated carbocycles. The smallest absolute Gasteiger partial charge is 0.228 e. The van der Waals surface area contributed by atoms with Crippen molar-refractivity contribution in [3.8, 4) is 11.4 Å². The van der Waals surface area contributed by atoms with Crippen LogP contribution in [0.1, 0.15) is 23.8 Å². The zero-order valence-corrected chi connectivity index (χ0v) is 19.9. The zero-order valence-electron chi connectivity index (χ0n) is 16.8. The molecule has 30 heavy (non-hydrogen) atoms. The topological polar surface area (TPSA) is 66.5 Å². The average Bonchev–Trinajstić information content (AvgIpc) is 3.43. The summed E-state index contributed by atoms with van der Waals surface area (Å²) in [4.78, 5) is 11.2. The van der Waals surface area contributed by atoms with Gasteiger partial charge in [-0.3, -0.25) is 4.99 Å². The molecule has 2 aromatic carbocycles. The minimum absolute atomic E-state index is 0. The molecule has 1 aliphatic rings. The first-order valence-electron chi connectivity index (χ1n) is 9.82. The van der Waals surface area contributed by atoms with E-state index in [0.717, 1.165) is 31.0 Å². The van der Waals surface area contributed by atoms with Crippen LogP contribution in [0.5, 0.6) is 0 Å². The van der Waals surface area contributed by atoms with Gasteiger partial charge in [0.05, 0.1) is 0 Å². The number of aliphatic imine (C=N–C) groups is 1. The van der Waals surface area contributed by atoms with Crippen LogP contribution in [0.2, 0.25) is 5.02 Å². The molecule has 1 aliphatic heterocycles. The molecule has 1 unspecified atom stereocenters. The highest BCUT2D eigenvalue weighted by Gasteiger charge is 2.25. The highest BCUT2D eigenvalue weighted by Crippen LogP contribution is 2.26. The van der Waals surface area contributed by atoms with Gasteiger partial charge >= 0.3 is 0 Å². The Bertz CT molecular complexity index is 961. The molecular weight excluding hydrogens is 513 g/mol. The molecule has 0 spiro atoms. The summed E-state index contributed by atoms with van der Waals surface area (Å²) in [5.41, 5.74) is 2.28. The molecule has 4 rings (SSSR count). The Hall–Kier alpha value is -2.13. The van der Waals surface area contributed by atoms with Gasteiger partial charge in [-0.25, -0.2) is 0 Å². The fourth-order valence-corrected chi connectivity index (χ4v) is 3.76. The van der Waals surface area contributed by atoms with Crippen LogP contribution in [0.25, 0.3) is 11.4 Å². The molecule has 0 bridgehead atoms. The summed E-state index contributed by atoms with van der Waals surface area (Å²) < 4.78 is 5.38. The lowest BCUT2D eigenvalue weighted by Gasteiger charge is -2.21. The Kier molecular flexibility index (Phi) is 8.09. The quantitative estimate of drug-likeness (QED) is 0.292. The molecular formula is C22H25ClIN5O. The lowest BCUT2D eigenvalue weighted by molar-refractivity contribution is 0.377. The van der Waals surface area contributed by atoms with Crippen LogP contribution in [-0.4, -0.2) is 47.7 Å². The number of benzene rings is 2. The van der Waals surface area contributed by atoms with Gasteiger partial charge in [0.15, 0.2) is 5.96 Å². The largest absolute Gasteiger partial charge is 0.356 e. The van der Waals surface area contributed by atoms with Gasteiger partial charge in [0.25, 0.3) is 0 Å². The van der Waals surface area contributed by atoms with Crippen molar-refractivity contribution in [3.05, 3.63) is 71.1 Å². The number of hydrogen-bond acceptors (Lipinski definition) is 4. The fraction of sp³-hybridized carbons (Fsp3) is 0.318. The third kappa shape index (κ3) is 5.51. The molecule has 1 fully saturated rings. The van der Waals surface area contributed by atoms with Crippen molar-refractivity contribution >= 4 is 41.5 Å². The number of hydrogen-bond donors (Lipinski definition) is 1. The maximum absolute atomic E-state index is 5.93. The standard InChI is InChI=1S/C22H24ClN5O.HI/c1-24-22(28-14-12-18(15-28)16-5-3-2-4-6-16)25-13-11-20-26-21(27-29-20)17-7-9-19(23)10-8-17;/h2-10,18H,11-15H2,1H3,(H,24,25);1H. The van der Waals surface area contributed by atoms with E-state index in [-0.39, 0.29) is 24.0 Å². The molecule has 8 heteroatoms. The van der Waals surface area contributed by atoms with Crippen molar-refractivity contribution in [1.29, 1.82) is 0 Å². The SMILES string of the molecule is CN=C(NCCc1nc(-c2ccc(Cl)cc2)no1)N1CCC(c2ccccc2)C1.I. The number of nitrogens with one attached hydrogen (secondary N) is 1. The van der Waals surface area contributed by atoms with Crippen molar-refractivity contribution < 1.29 is 4.52 Å². The molecule has 158 valence electrons. The van der Waals surface area contributed by atoms with Gasteiger partial charge < -0.3 is 14.7 Å². The molecule has 1 aromatic heterocycles. The molecule has 6 nitrogen and oxygen atoms in total. The second-order valence-electron chi connectivity index (χ2n) is 7.08. The van der Waals surface area contributed by atoms with Crippen LogP contribution in [0, 0.1) is 0 Å². The molecule has 1 atom stereocenters. The Morgan fingerprint density at radius 3 is 2.70 bits per heavy atom. The summed E-state index contributed by atoms with van der Waals surface area (Å²) in [5.74, 6) is 2.64. The minimum atomic E-state index is 0. The Balaban J connectivity index is 0.00000256. The normalized spacial score (nSPS) is 16.4. The Labute approximate surface area is 198 Å². The number of likely N-dealkylation sites (tertiary alicyclic amines) is 1. The van der Waals surface area contributed by atoms with E-state index < -0.39 is 0 Å². The minimum Gasteiger partial charge on any atom is -0.356 e. The average molecular weight is 538 g/mol. The van der Waals surface area contributed by atoms with Crippen molar-refractivity contribution in [2.45, 2.75) is 18.8 Å². The first-order valence-corrected chi connectivity index (χ1v) is 10.2. The van der Waals surface area contributed by atoms with Gasteiger partial charge in [-0.05, 0) is 36.2 Å². The van der Waals surface area contributed by atoms with E-state index in [1.54, 1.807) is 0 Å². The van der Waals surface area contributed by atoms with Crippen LogP contribution < -0.4 is 5.32 Å². The maximum Gasteiger partial charge on any atom is 0.228 e. The van der Waals surface area contributed by atoms with Gasteiger partial charge in [0, 0.05) is 49.6 Å². The first-order chi connectivity index (χ1) is 14.2. The summed E-state index contributed by atoms with van der Waals surface area (Å²) >= 11 is 5.93. The lowest BCUT2D eigenvalue weighted by atomic mass is 9.99. The third-order valence-electron chi connectivity index (χ3n) is 5.16. The third-order valence-corrected chi connectivity index (χ3v) is 5.42. The monoisotopic (exact) mass is 537 g/mol. The molecule has 3 aromatic rings. The van der Waals surface area contributed by atoms with Crippen molar-refractivity contribution in [1.82, 2.24) is 20.4 Å². The summed E-state index contributed by atoms with van der Waals surface area (Å²) in [7, 11) is 1.82. The van der Waals surface area contributed by atoms with E-state index in [4.69, 9.17) is 16.1 Å². The lowest BCUT2D eigenvalue weighted by Crippen LogP contribution is -2.40. The van der Waals surface area contributed by atoms with Gasteiger partial charge in [-0.2, -0.15) is 4.98 Å². The Morgan fingerprint density at radius 1 is 1.20 bits per heavy atom. The number of aromatic nitrogens is 2. The molecule has 0 aliphatic carbocycles. The summed E-state index contributed by atoms with van der Waals surface area (Å²) in [6, 6.07) is 18.1. The summed E-state index contributed by atoms with van der Waals surface area (Å²) in [6.45, 7) is 2.66. The fourth-order valence-electron chi connectivity index (χ4n) is 3.64.